The summed E-state index contributed by atoms with van der Waals surface area (Å²) in [6, 6.07) is 7.54. The van der Waals surface area contributed by atoms with E-state index in [1.165, 1.54) is 0 Å². The highest BCUT2D eigenvalue weighted by molar-refractivity contribution is 5.91. The van der Waals surface area contributed by atoms with Crippen molar-refractivity contribution in [3.8, 4) is 5.69 Å². The molecule has 6 heteroatoms. The van der Waals surface area contributed by atoms with E-state index in [1.54, 1.807) is 17.2 Å². The molecule has 0 bridgehead atoms. The van der Waals surface area contributed by atoms with E-state index >= 15 is 0 Å². The SMILES string of the molecule is CC(C)C[C@@H](C)OCCC(=O)Nc1cccc(-n2cnnc2)c1. The quantitative estimate of drug-likeness (QED) is 0.812. The van der Waals surface area contributed by atoms with Gasteiger partial charge in [-0.05, 0) is 37.5 Å². The number of amides is 1. The number of benzene rings is 1. The Hall–Kier alpha value is -2.21. The molecule has 1 aromatic heterocycles. The van der Waals surface area contributed by atoms with Gasteiger partial charge in [-0.2, -0.15) is 0 Å². The molecule has 1 aromatic carbocycles. The molecule has 0 spiro atoms. The van der Waals surface area contributed by atoms with Gasteiger partial charge in [0.25, 0.3) is 0 Å². The van der Waals surface area contributed by atoms with E-state index in [0.29, 0.717) is 18.9 Å². The Kier molecular flexibility index (Phi) is 6.29. The molecule has 0 aliphatic carbocycles. The molecule has 124 valence electrons. The topological polar surface area (TPSA) is 69.0 Å². The maximum atomic E-state index is 12.0. The number of nitrogens with one attached hydrogen (secondary N) is 1. The van der Waals surface area contributed by atoms with Crippen LogP contribution in [0.5, 0.6) is 0 Å². The summed E-state index contributed by atoms with van der Waals surface area (Å²) < 4.78 is 7.45. The molecule has 1 atom stereocenters. The average Bonchev–Trinajstić information content (AvgIpc) is 3.01. The van der Waals surface area contributed by atoms with Crippen molar-refractivity contribution in [2.24, 2.45) is 5.92 Å². The predicted molar refractivity (Wildman–Crippen MR) is 89.5 cm³/mol. The molecule has 0 saturated heterocycles. The second kappa shape index (κ2) is 8.43. The van der Waals surface area contributed by atoms with Gasteiger partial charge in [-0.1, -0.05) is 19.9 Å². The van der Waals surface area contributed by atoms with Crippen LogP contribution in [-0.2, 0) is 9.53 Å². The lowest BCUT2D eigenvalue weighted by atomic mass is 10.1. The van der Waals surface area contributed by atoms with Gasteiger partial charge in [0.05, 0.1) is 24.8 Å². The highest BCUT2D eigenvalue weighted by Crippen LogP contribution is 2.14. The van der Waals surface area contributed by atoms with Crippen LogP contribution in [0.3, 0.4) is 0 Å². The second-order valence-corrected chi connectivity index (χ2v) is 6.03. The number of nitrogens with zero attached hydrogens (tertiary/aromatic N) is 3. The molecule has 0 radical (unpaired) electrons. The summed E-state index contributed by atoms with van der Waals surface area (Å²) in [7, 11) is 0. The highest BCUT2D eigenvalue weighted by atomic mass is 16.5. The number of ether oxygens (including phenoxy) is 1. The number of aromatic nitrogens is 3. The third-order valence-corrected chi connectivity index (χ3v) is 3.38. The Bertz CT molecular complexity index is 611. The molecule has 0 fully saturated rings. The van der Waals surface area contributed by atoms with E-state index in [-0.39, 0.29) is 12.0 Å². The van der Waals surface area contributed by atoms with Gasteiger partial charge < -0.3 is 10.1 Å². The van der Waals surface area contributed by atoms with Crippen molar-refractivity contribution in [3.63, 3.8) is 0 Å². The van der Waals surface area contributed by atoms with Gasteiger partial charge in [0.2, 0.25) is 5.91 Å². The number of carbonyl (C=O) groups is 1. The molecule has 6 nitrogen and oxygen atoms in total. The van der Waals surface area contributed by atoms with Crippen LogP contribution >= 0.6 is 0 Å². The van der Waals surface area contributed by atoms with Crippen LogP contribution < -0.4 is 5.32 Å². The first-order valence-corrected chi connectivity index (χ1v) is 7.91. The molecule has 2 rings (SSSR count). The zero-order valence-corrected chi connectivity index (χ0v) is 13.9. The van der Waals surface area contributed by atoms with Gasteiger partial charge in [0.15, 0.2) is 0 Å². The first-order valence-electron chi connectivity index (χ1n) is 7.91. The fourth-order valence-electron chi connectivity index (χ4n) is 2.39. The van der Waals surface area contributed by atoms with Crippen molar-refractivity contribution in [1.29, 1.82) is 0 Å². The van der Waals surface area contributed by atoms with Crippen LogP contribution in [0.4, 0.5) is 5.69 Å². The fraction of sp³-hybridized carbons (Fsp3) is 0.471. The van der Waals surface area contributed by atoms with E-state index < -0.39 is 0 Å². The van der Waals surface area contributed by atoms with Crippen molar-refractivity contribution >= 4 is 11.6 Å². The average molecular weight is 316 g/mol. The third kappa shape index (κ3) is 5.83. The Labute approximate surface area is 136 Å². The Morgan fingerprint density at radius 3 is 2.70 bits per heavy atom. The fourth-order valence-corrected chi connectivity index (χ4v) is 2.39. The molecule has 1 amide bonds. The number of hydrogen-bond acceptors (Lipinski definition) is 4. The summed E-state index contributed by atoms with van der Waals surface area (Å²) in [6.45, 7) is 6.80. The lowest BCUT2D eigenvalue weighted by Gasteiger charge is -2.15. The van der Waals surface area contributed by atoms with Gasteiger partial charge in [0.1, 0.15) is 12.7 Å². The first kappa shape index (κ1) is 17.1. The van der Waals surface area contributed by atoms with Gasteiger partial charge >= 0.3 is 0 Å². The largest absolute Gasteiger partial charge is 0.378 e. The first-order chi connectivity index (χ1) is 11.0. The second-order valence-electron chi connectivity index (χ2n) is 6.03. The summed E-state index contributed by atoms with van der Waals surface area (Å²) in [4.78, 5) is 12.0. The number of hydrogen-bond donors (Lipinski definition) is 1. The molecule has 1 N–H and O–H groups in total. The zero-order chi connectivity index (χ0) is 16.7. The molecule has 1 heterocycles. The number of rotatable bonds is 8. The molecule has 0 aliphatic heterocycles. The number of carbonyl (C=O) groups excluding carboxylic acids is 1. The monoisotopic (exact) mass is 316 g/mol. The summed E-state index contributed by atoms with van der Waals surface area (Å²) in [5.74, 6) is 0.543. The minimum absolute atomic E-state index is 0.0531. The van der Waals surface area contributed by atoms with Gasteiger partial charge in [-0.3, -0.25) is 9.36 Å². The summed E-state index contributed by atoms with van der Waals surface area (Å²) in [5, 5.41) is 10.4. The minimum atomic E-state index is -0.0531. The third-order valence-electron chi connectivity index (χ3n) is 3.38. The zero-order valence-electron chi connectivity index (χ0n) is 13.9. The van der Waals surface area contributed by atoms with E-state index in [0.717, 1.165) is 17.8 Å². The van der Waals surface area contributed by atoms with Crippen molar-refractivity contribution in [2.45, 2.75) is 39.7 Å². The molecular formula is C17H24N4O2. The van der Waals surface area contributed by atoms with Crippen LogP contribution in [-0.4, -0.2) is 33.4 Å². The highest BCUT2D eigenvalue weighted by Gasteiger charge is 2.08. The van der Waals surface area contributed by atoms with Crippen LogP contribution in [0.15, 0.2) is 36.9 Å². The molecule has 2 aromatic rings. The van der Waals surface area contributed by atoms with Crippen LogP contribution in [0.25, 0.3) is 5.69 Å². The van der Waals surface area contributed by atoms with Crippen LogP contribution in [0.2, 0.25) is 0 Å². The molecule has 23 heavy (non-hydrogen) atoms. The Balaban J connectivity index is 1.80. The van der Waals surface area contributed by atoms with E-state index in [4.69, 9.17) is 4.74 Å². The molecule has 0 aliphatic rings. The molecular weight excluding hydrogens is 292 g/mol. The van der Waals surface area contributed by atoms with Crippen LogP contribution in [0.1, 0.15) is 33.6 Å². The molecule has 0 saturated carbocycles. The van der Waals surface area contributed by atoms with Crippen molar-refractivity contribution in [3.05, 3.63) is 36.9 Å². The van der Waals surface area contributed by atoms with Crippen molar-refractivity contribution < 1.29 is 9.53 Å². The van der Waals surface area contributed by atoms with Crippen molar-refractivity contribution in [1.82, 2.24) is 14.8 Å². The van der Waals surface area contributed by atoms with Crippen molar-refractivity contribution in [2.75, 3.05) is 11.9 Å². The number of anilines is 1. The molecule has 0 unspecified atom stereocenters. The summed E-state index contributed by atoms with van der Waals surface area (Å²) in [5.41, 5.74) is 1.64. The smallest absolute Gasteiger partial charge is 0.226 e. The maximum Gasteiger partial charge on any atom is 0.226 e. The van der Waals surface area contributed by atoms with E-state index in [9.17, 15) is 4.79 Å². The lowest BCUT2D eigenvalue weighted by Crippen LogP contribution is -2.18. The van der Waals surface area contributed by atoms with Crippen LogP contribution in [0, 0.1) is 5.92 Å². The van der Waals surface area contributed by atoms with Gasteiger partial charge in [-0.25, -0.2) is 0 Å². The Morgan fingerprint density at radius 1 is 1.26 bits per heavy atom. The lowest BCUT2D eigenvalue weighted by molar-refractivity contribution is -0.117. The predicted octanol–water partition coefficient (Wildman–Crippen LogP) is 3.05. The summed E-state index contributed by atoms with van der Waals surface area (Å²) >= 11 is 0. The standard InChI is InChI=1S/C17H24N4O2/c1-13(2)9-14(3)23-8-7-17(22)20-15-5-4-6-16(10-15)21-11-18-19-12-21/h4-6,10-14H,7-9H2,1-3H3,(H,20,22)/t14-/m1/s1. The maximum absolute atomic E-state index is 12.0. The normalized spacial score (nSPS) is 12.3. The van der Waals surface area contributed by atoms with Gasteiger partial charge in [0, 0.05) is 5.69 Å². The Morgan fingerprint density at radius 2 is 2.00 bits per heavy atom. The van der Waals surface area contributed by atoms with E-state index in [2.05, 4.69) is 29.4 Å². The minimum Gasteiger partial charge on any atom is -0.378 e. The van der Waals surface area contributed by atoms with Gasteiger partial charge in [-0.15, -0.1) is 10.2 Å². The summed E-state index contributed by atoms with van der Waals surface area (Å²) in [6.07, 6.45) is 4.76. The van der Waals surface area contributed by atoms with E-state index in [1.807, 2.05) is 31.2 Å².